The molecular formula is C23H26ClN7O. The van der Waals surface area contributed by atoms with Gasteiger partial charge in [0.05, 0.1) is 30.1 Å². The number of ether oxygens (including phenoxy) is 1. The highest BCUT2D eigenvalue weighted by molar-refractivity contribution is 6.34. The number of fused-ring (bicyclic) bond motifs is 2. The fourth-order valence-corrected chi connectivity index (χ4v) is 5.66. The van der Waals surface area contributed by atoms with Crippen molar-refractivity contribution in [2.45, 2.75) is 38.8 Å². The second kappa shape index (κ2) is 7.16. The van der Waals surface area contributed by atoms with Crippen LogP contribution in [-0.4, -0.2) is 56.4 Å². The van der Waals surface area contributed by atoms with Crippen molar-refractivity contribution < 1.29 is 4.74 Å². The molecule has 2 aliphatic heterocycles. The number of piperidine rings is 1. The zero-order valence-corrected chi connectivity index (χ0v) is 18.9. The lowest BCUT2D eigenvalue weighted by atomic mass is 9.73. The molecule has 0 saturated carbocycles. The number of benzene rings is 1. The third-order valence-electron chi connectivity index (χ3n) is 7.40. The number of aromatic amines is 1. The van der Waals surface area contributed by atoms with Crippen molar-refractivity contribution in [1.29, 1.82) is 0 Å². The van der Waals surface area contributed by atoms with E-state index in [0.29, 0.717) is 5.02 Å². The van der Waals surface area contributed by atoms with Crippen LogP contribution < -0.4 is 10.6 Å². The smallest absolute Gasteiger partial charge is 0.211 e. The lowest BCUT2D eigenvalue weighted by Crippen LogP contribution is -2.51. The van der Waals surface area contributed by atoms with Crippen LogP contribution in [0.25, 0.3) is 27.7 Å². The number of nitrogens with one attached hydrogen (secondary N) is 1. The Labute approximate surface area is 190 Å². The highest BCUT2D eigenvalue weighted by atomic mass is 35.5. The van der Waals surface area contributed by atoms with Gasteiger partial charge >= 0.3 is 0 Å². The predicted molar refractivity (Wildman–Crippen MR) is 125 cm³/mol. The van der Waals surface area contributed by atoms with Crippen LogP contribution in [0.1, 0.15) is 25.5 Å². The first-order valence-electron chi connectivity index (χ1n) is 11.1. The van der Waals surface area contributed by atoms with Crippen LogP contribution in [-0.2, 0) is 4.74 Å². The summed E-state index contributed by atoms with van der Waals surface area (Å²) in [5, 5.41) is 8.79. The summed E-state index contributed by atoms with van der Waals surface area (Å²) in [6.45, 7) is 6.64. The summed E-state index contributed by atoms with van der Waals surface area (Å²) in [5.41, 5.74) is 11.1. The Morgan fingerprint density at radius 3 is 2.84 bits per heavy atom. The molecule has 9 heteroatoms. The van der Waals surface area contributed by atoms with Gasteiger partial charge in [0.25, 0.3) is 0 Å². The van der Waals surface area contributed by atoms with Gasteiger partial charge in [-0.05, 0) is 38.8 Å². The van der Waals surface area contributed by atoms with Crippen LogP contribution in [0.3, 0.4) is 0 Å². The molecule has 2 saturated heterocycles. The molecule has 6 rings (SSSR count). The minimum Gasteiger partial charge on any atom is -0.376 e. The van der Waals surface area contributed by atoms with E-state index in [-0.39, 0.29) is 17.6 Å². The molecule has 8 nitrogen and oxygen atoms in total. The van der Waals surface area contributed by atoms with E-state index < -0.39 is 0 Å². The second-order valence-corrected chi connectivity index (χ2v) is 9.58. The van der Waals surface area contributed by atoms with Gasteiger partial charge in [-0.25, -0.2) is 9.97 Å². The van der Waals surface area contributed by atoms with Gasteiger partial charge in [-0.15, -0.1) is 0 Å². The molecule has 0 unspecified atom stereocenters. The molecule has 1 spiro atoms. The van der Waals surface area contributed by atoms with E-state index in [2.05, 4.69) is 31.4 Å². The number of imidazole rings is 1. The Bertz CT molecular complexity index is 1320. The monoisotopic (exact) mass is 451 g/mol. The number of halogens is 1. The summed E-state index contributed by atoms with van der Waals surface area (Å²) < 4.78 is 7.95. The number of nitrogens with zero attached hydrogens (tertiary/aromatic N) is 5. The number of hydrogen-bond donors (Lipinski definition) is 2. The molecule has 5 heterocycles. The van der Waals surface area contributed by atoms with Crippen LogP contribution in [0, 0.1) is 12.3 Å². The van der Waals surface area contributed by atoms with E-state index in [1.807, 2.05) is 31.5 Å². The molecule has 2 atom stereocenters. The van der Waals surface area contributed by atoms with E-state index in [1.54, 1.807) is 6.20 Å². The van der Waals surface area contributed by atoms with Crippen LogP contribution in [0.2, 0.25) is 5.02 Å². The van der Waals surface area contributed by atoms with E-state index in [1.165, 1.54) is 0 Å². The maximum atomic E-state index is 6.68. The molecule has 4 aromatic rings. The summed E-state index contributed by atoms with van der Waals surface area (Å²) >= 11 is 6.68. The van der Waals surface area contributed by atoms with Gasteiger partial charge < -0.3 is 15.4 Å². The van der Waals surface area contributed by atoms with Crippen molar-refractivity contribution >= 4 is 34.1 Å². The van der Waals surface area contributed by atoms with Crippen molar-refractivity contribution in [2.24, 2.45) is 11.1 Å². The molecule has 3 N–H and O–H groups in total. The van der Waals surface area contributed by atoms with Gasteiger partial charge in [-0.1, -0.05) is 11.6 Å². The maximum absolute atomic E-state index is 6.68. The lowest BCUT2D eigenvalue weighted by Gasteiger charge is -2.41. The van der Waals surface area contributed by atoms with Crippen LogP contribution in [0.5, 0.6) is 0 Å². The highest BCUT2D eigenvalue weighted by Crippen LogP contribution is 2.42. The first kappa shape index (κ1) is 20.0. The van der Waals surface area contributed by atoms with Gasteiger partial charge in [-0.3, -0.25) is 9.50 Å². The van der Waals surface area contributed by atoms with E-state index in [4.69, 9.17) is 27.1 Å². The first-order valence-corrected chi connectivity index (χ1v) is 11.4. The zero-order chi connectivity index (χ0) is 22.0. The van der Waals surface area contributed by atoms with Gasteiger partial charge in [0.15, 0.2) is 0 Å². The van der Waals surface area contributed by atoms with Gasteiger partial charge in [-0.2, -0.15) is 5.10 Å². The summed E-state index contributed by atoms with van der Waals surface area (Å²) in [6, 6.07) is 4.05. The number of nitrogens with two attached hydrogens (primary N) is 1. The van der Waals surface area contributed by atoms with Crippen molar-refractivity contribution in [3.63, 3.8) is 0 Å². The van der Waals surface area contributed by atoms with E-state index in [9.17, 15) is 0 Å². The number of aryl methyl sites for hydroxylation is 1. The summed E-state index contributed by atoms with van der Waals surface area (Å²) in [6.07, 6.45) is 7.69. The molecule has 0 bridgehead atoms. The molecule has 0 radical (unpaired) electrons. The standard InChI is InChI=1S/C23H26ClN7O/c1-13-19(16-10-18-15(9-17(16)24)11-27-29-18)21-26-5-8-31(21)22(28-13)30-6-3-23(4-7-30)12-32-14(2)20(23)25/h5,8-11,14,20H,3-4,6-7,12,25H2,1-2H3,(H,27,29)/t14-,20+/m0/s1. The summed E-state index contributed by atoms with van der Waals surface area (Å²) in [5.74, 6) is 0.910. The average molecular weight is 452 g/mol. The Kier molecular flexibility index (Phi) is 4.47. The van der Waals surface area contributed by atoms with E-state index >= 15 is 0 Å². The molecule has 32 heavy (non-hydrogen) atoms. The van der Waals surface area contributed by atoms with Gasteiger partial charge in [0, 0.05) is 58.5 Å². The van der Waals surface area contributed by atoms with Crippen LogP contribution in [0.4, 0.5) is 5.95 Å². The minimum atomic E-state index is 0.0754. The Morgan fingerprint density at radius 2 is 2.09 bits per heavy atom. The molecule has 1 aromatic carbocycles. The number of anilines is 1. The molecule has 2 fully saturated rings. The minimum absolute atomic E-state index is 0.0754. The largest absolute Gasteiger partial charge is 0.376 e. The molecule has 0 aliphatic carbocycles. The quantitative estimate of drug-likeness (QED) is 0.483. The second-order valence-electron chi connectivity index (χ2n) is 9.17. The maximum Gasteiger partial charge on any atom is 0.211 e. The van der Waals surface area contributed by atoms with Gasteiger partial charge in [0.1, 0.15) is 5.65 Å². The van der Waals surface area contributed by atoms with Crippen molar-refractivity contribution in [1.82, 2.24) is 24.6 Å². The van der Waals surface area contributed by atoms with E-state index in [0.717, 1.165) is 71.9 Å². The Hall–Kier alpha value is -2.68. The fourth-order valence-electron chi connectivity index (χ4n) is 5.39. The zero-order valence-electron chi connectivity index (χ0n) is 18.2. The third kappa shape index (κ3) is 2.86. The topological polar surface area (TPSA) is 97.4 Å². The lowest BCUT2D eigenvalue weighted by molar-refractivity contribution is 0.0973. The Balaban J connectivity index is 1.39. The molecular weight excluding hydrogens is 426 g/mol. The predicted octanol–water partition coefficient (Wildman–Crippen LogP) is 3.57. The summed E-state index contributed by atoms with van der Waals surface area (Å²) in [4.78, 5) is 12.1. The van der Waals surface area contributed by atoms with Crippen molar-refractivity contribution in [3.8, 4) is 11.1 Å². The third-order valence-corrected chi connectivity index (χ3v) is 7.71. The highest BCUT2D eigenvalue weighted by Gasteiger charge is 2.47. The number of hydrogen-bond acceptors (Lipinski definition) is 6. The van der Waals surface area contributed by atoms with Crippen molar-refractivity contribution in [3.05, 3.63) is 41.4 Å². The van der Waals surface area contributed by atoms with Crippen LogP contribution >= 0.6 is 11.6 Å². The number of H-pyrrole nitrogens is 1. The normalized spacial score (nSPS) is 23.1. The fraction of sp³-hybridized carbons (Fsp3) is 0.435. The number of aromatic nitrogens is 5. The van der Waals surface area contributed by atoms with Gasteiger partial charge in [0.2, 0.25) is 5.95 Å². The molecule has 0 amide bonds. The molecule has 166 valence electrons. The summed E-state index contributed by atoms with van der Waals surface area (Å²) in [7, 11) is 0. The Morgan fingerprint density at radius 1 is 1.28 bits per heavy atom. The SMILES string of the molecule is Cc1nc(N2CCC3(CC2)CO[C@@H](C)[C@H]3N)n2ccnc2c1-c1cc2[nH]ncc2cc1Cl. The average Bonchev–Trinajstić information content (AvgIpc) is 3.51. The molecule has 2 aliphatic rings. The van der Waals surface area contributed by atoms with Crippen LogP contribution in [0.15, 0.2) is 30.7 Å². The first-order chi connectivity index (χ1) is 15.5. The van der Waals surface area contributed by atoms with Crippen molar-refractivity contribution in [2.75, 3.05) is 24.6 Å². The molecule has 3 aromatic heterocycles. The number of rotatable bonds is 2.